The zero-order chi connectivity index (χ0) is 15.5. The van der Waals surface area contributed by atoms with Gasteiger partial charge in [0.25, 0.3) is 0 Å². The fourth-order valence-electron chi connectivity index (χ4n) is 1.88. The van der Waals surface area contributed by atoms with Gasteiger partial charge in [0.15, 0.2) is 0 Å². The first-order valence-corrected chi connectivity index (χ1v) is 8.16. The van der Waals surface area contributed by atoms with Crippen molar-refractivity contribution in [3.8, 4) is 11.4 Å². The Morgan fingerprint density at radius 3 is 2.41 bits per heavy atom. The first-order chi connectivity index (χ1) is 10.6. The molecule has 110 valence electrons. The molecule has 0 bridgehead atoms. The second-order valence-electron chi connectivity index (χ2n) is 4.72. The Kier molecular flexibility index (Phi) is 4.00. The van der Waals surface area contributed by atoms with E-state index in [1.54, 1.807) is 12.1 Å². The molecule has 0 aliphatic rings. The summed E-state index contributed by atoms with van der Waals surface area (Å²) in [6.45, 7) is 2.04. The van der Waals surface area contributed by atoms with Crippen LogP contribution in [0.15, 0.2) is 48.5 Å². The monoisotopic (exact) mass is 360 g/mol. The van der Waals surface area contributed by atoms with Gasteiger partial charge >= 0.3 is 133 Å². The maximum atomic E-state index is 10.6. The molecule has 1 N–H and O–H groups in total. The zero-order valence-corrected chi connectivity index (χ0v) is 13.4. The van der Waals surface area contributed by atoms with Crippen molar-refractivity contribution in [2.24, 2.45) is 0 Å². The molecule has 0 aliphatic heterocycles. The number of nitro groups is 1. The molecule has 7 heteroatoms. The van der Waals surface area contributed by atoms with Gasteiger partial charge < -0.3 is 0 Å². The first kappa shape index (κ1) is 14.4. The van der Waals surface area contributed by atoms with E-state index in [0.717, 1.165) is 21.8 Å². The average molecular weight is 359 g/mol. The van der Waals surface area contributed by atoms with Crippen molar-refractivity contribution in [1.82, 2.24) is 8.96 Å². The molecule has 0 spiro atoms. The molecule has 0 fully saturated rings. The van der Waals surface area contributed by atoms with Gasteiger partial charge in [0.2, 0.25) is 0 Å². The number of hydrogen-bond acceptors (Lipinski definition) is 5. The Balaban J connectivity index is 1.76. The number of anilines is 2. The van der Waals surface area contributed by atoms with Gasteiger partial charge in [0.05, 0.1) is 0 Å². The summed E-state index contributed by atoms with van der Waals surface area (Å²) < 4.78 is 5.25. The third-order valence-corrected chi connectivity index (χ3v) is 4.39. The quantitative estimate of drug-likeness (QED) is 0.440. The number of aryl methyl sites for hydroxylation is 1. The summed E-state index contributed by atoms with van der Waals surface area (Å²) in [5, 5.41) is 13.8. The molecular weight excluding hydrogens is 347 g/mol. The van der Waals surface area contributed by atoms with Crippen LogP contribution in [0.4, 0.5) is 16.1 Å². The minimum atomic E-state index is -0.417. The van der Waals surface area contributed by atoms with Crippen LogP contribution in [-0.4, -0.2) is 28.6 Å². The molecular formula is C15H12N4O2Se. The molecule has 0 radical (unpaired) electrons. The predicted octanol–water partition coefficient (Wildman–Crippen LogP) is 3.16. The Morgan fingerprint density at radius 2 is 1.77 bits per heavy atom. The van der Waals surface area contributed by atoms with Gasteiger partial charge in [-0.05, 0) is 0 Å². The molecule has 0 aliphatic carbocycles. The molecule has 1 heterocycles. The average Bonchev–Trinajstić information content (AvgIpc) is 2.97. The van der Waals surface area contributed by atoms with Crippen LogP contribution >= 0.6 is 0 Å². The van der Waals surface area contributed by atoms with Crippen molar-refractivity contribution >= 4 is 30.8 Å². The van der Waals surface area contributed by atoms with Crippen LogP contribution in [0.3, 0.4) is 0 Å². The number of non-ortho nitro benzene ring substituents is 1. The van der Waals surface area contributed by atoms with Crippen LogP contribution in [0.1, 0.15) is 5.56 Å². The fraction of sp³-hybridized carbons (Fsp3) is 0.0667. The fourth-order valence-corrected chi connectivity index (χ4v) is 3.16. The summed E-state index contributed by atoms with van der Waals surface area (Å²) in [6.07, 6.45) is 0. The summed E-state index contributed by atoms with van der Waals surface area (Å²) in [5.41, 5.74) is 3.03. The molecule has 3 rings (SSSR count). The van der Waals surface area contributed by atoms with E-state index < -0.39 is 4.92 Å². The normalized spacial score (nSPS) is 10.4. The van der Waals surface area contributed by atoms with E-state index >= 15 is 0 Å². The summed E-state index contributed by atoms with van der Waals surface area (Å²) in [7, 11) is 0. The molecule has 22 heavy (non-hydrogen) atoms. The third-order valence-electron chi connectivity index (χ3n) is 3.07. The van der Waals surface area contributed by atoms with E-state index in [-0.39, 0.29) is 20.4 Å². The topological polar surface area (TPSA) is 81.0 Å². The van der Waals surface area contributed by atoms with Gasteiger partial charge in [0.1, 0.15) is 0 Å². The van der Waals surface area contributed by atoms with Crippen LogP contribution in [0.5, 0.6) is 0 Å². The Morgan fingerprint density at radius 1 is 1.09 bits per heavy atom. The molecule has 0 saturated carbocycles. The van der Waals surface area contributed by atoms with Crippen LogP contribution in [0.2, 0.25) is 0 Å². The first-order valence-electron chi connectivity index (χ1n) is 6.54. The van der Waals surface area contributed by atoms with E-state index in [1.165, 1.54) is 17.7 Å². The summed E-state index contributed by atoms with van der Waals surface area (Å²) in [4.78, 5) is 14.7. The number of nitrogens with zero attached hydrogens (tertiary/aromatic N) is 3. The van der Waals surface area contributed by atoms with Crippen LogP contribution in [0.25, 0.3) is 11.4 Å². The van der Waals surface area contributed by atoms with Crippen molar-refractivity contribution in [3.05, 3.63) is 64.2 Å². The van der Waals surface area contributed by atoms with Gasteiger partial charge in [0, 0.05) is 0 Å². The molecule has 0 saturated heterocycles. The molecule has 1 aromatic heterocycles. The standard InChI is InChI=1S/C15H12N4O2Se/c1-10-2-4-11(5-3-10)14-17-15(22-18-14)16-12-6-8-13(9-7-12)19(20)21/h2-9H,1H3,(H,16,17,18). The Bertz CT molecular complexity index is 797. The van der Waals surface area contributed by atoms with Gasteiger partial charge in [-0.25, -0.2) is 0 Å². The number of nitrogens with one attached hydrogen (secondary N) is 1. The minimum absolute atomic E-state index is 0.0704. The molecule has 6 nitrogen and oxygen atoms in total. The molecule has 0 amide bonds. The Labute approximate surface area is 133 Å². The molecule has 0 unspecified atom stereocenters. The SMILES string of the molecule is Cc1ccc(-c2n[se]c(Nc3ccc([N+](=O)[O-])cc3)n2)cc1. The van der Waals surface area contributed by atoms with Crippen molar-refractivity contribution in [3.63, 3.8) is 0 Å². The molecule has 3 aromatic rings. The van der Waals surface area contributed by atoms with E-state index in [1.807, 2.05) is 31.2 Å². The zero-order valence-electron chi connectivity index (χ0n) is 11.7. The number of hydrogen-bond donors (Lipinski definition) is 1. The Hall–Kier alpha value is -2.50. The molecule has 0 atom stereocenters. The van der Waals surface area contributed by atoms with Crippen molar-refractivity contribution in [2.75, 3.05) is 5.32 Å². The van der Waals surface area contributed by atoms with Crippen LogP contribution in [0, 0.1) is 17.0 Å². The number of aromatic nitrogens is 2. The van der Waals surface area contributed by atoms with E-state index in [9.17, 15) is 10.1 Å². The second-order valence-corrected chi connectivity index (χ2v) is 6.30. The van der Waals surface area contributed by atoms with E-state index in [4.69, 9.17) is 0 Å². The summed E-state index contributed by atoms with van der Waals surface area (Å²) in [5.74, 6) is 0.726. The van der Waals surface area contributed by atoms with Crippen molar-refractivity contribution in [2.45, 2.75) is 6.92 Å². The van der Waals surface area contributed by atoms with E-state index in [0.29, 0.717) is 0 Å². The maximum absolute atomic E-state index is 10.6. The third kappa shape index (κ3) is 3.21. The van der Waals surface area contributed by atoms with Crippen molar-refractivity contribution in [1.29, 1.82) is 0 Å². The molecule has 2 aromatic carbocycles. The summed E-state index contributed by atoms with van der Waals surface area (Å²) in [6, 6.07) is 14.3. The van der Waals surface area contributed by atoms with E-state index in [2.05, 4.69) is 14.3 Å². The van der Waals surface area contributed by atoms with Gasteiger partial charge in [-0.2, -0.15) is 0 Å². The van der Waals surface area contributed by atoms with Gasteiger partial charge in [-0.3, -0.25) is 0 Å². The second kappa shape index (κ2) is 6.09. The number of benzene rings is 2. The predicted molar refractivity (Wildman–Crippen MR) is 85.5 cm³/mol. The van der Waals surface area contributed by atoms with Crippen LogP contribution < -0.4 is 5.32 Å². The van der Waals surface area contributed by atoms with Crippen molar-refractivity contribution < 1.29 is 4.92 Å². The summed E-state index contributed by atoms with van der Waals surface area (Å²) >= 11 is -0.109. The van der Waals surface area contributed by atoms with Gasteiger partial charge in [-0.15, -0.1) is 0 Å². The number of nitro benzene ring substituents is 1. The number of rotatable bonds is 4. The van der Waals surface area contributed by atoms with Crippen LogP contribution in [-0.2, 0) is 0 Å². The van der Waals surface area contributed by atoms with Gasteiger partial charge in [-0.1, -0.05) is 0 Å².